The predicted octanol–water partition coefficient (Wildman–Crippen LogP) is 3.25. The van der Waals surface area contributed by atoms with Crippen LogP contribution in [0.4, 0.5) is 11.6 Å². The molecule has 152 valence electrons. The third-order valence-corrected chi connectivity index (χ3v) is 5.40. The first-order valence-electron chi connectivity index (χ1n) is 9.76. The van der Waals surface area contributed by atoms with Gasteiger partial charge in [0.2, 0.25) is 18.6 Å². The fourth-order valence-corrected chi connectivity index (χ4v) is 4.07. The standard InChI is InChI=1S/C22H21N5O3/c1-14-19(15(2)26-11-10-23-21(28)20(14)26)17-8-9-24-22(25-17)27(18-12-29-13-30-18)16-6-4-3-5-7-16/h3-9,12H,10-11,13H2,1-2H3,(H,23,28). The van der Waals surface area contributed by atoms with E-state index in [0.29, 0.717) is 24.1 Å². The van der Waals surface area contributed by atoms with E-state index in [2.05, 4.69) is 14.9 Å². The van der Waals surface area contributed by atoms with Crippen molar-refractivity contribution in [1.29, 1.82) is 0 Å². The first kappa shape index (κ1) is 18.2. The summed E-state index contributed by atoms with van der Waals surface area (Å²) in [7, 11) is 0. The number of para-hydroxylation sites is 1. The predicted molar refractivity (Wildman–Crippen MR) is 111 cm³/mol. The van der Waals surface area contributed by atoms with E-state index < -0.39 is 0 Å². The van der Waals surface area contributed by atoms with E-state index in [1.54, 1.807) is 12.5 Å². The normalized spacial score (nSPS) is 15.0. The second kappa shape index (κ2) is 7.22. The van der Waals surface area contributed by atoms with Crippen LogP contribution in [0.3, 0.4) is 0 Å². The molecule has 5 rings (SSSR count). The summed E-state index contributed by atoms with van der Waals surface area (Å²) >= 11 is 0. The van der Waals surface area contributed by atoms with Gasteiger partial charge in [0, 0.05) is 30.5 Å². The summed E-state index contributed by atoms with van der Waals surface area (Å²) in [6, 6.07) is 11.6. The van der Waals surface area contributed by atoms with E-state index in [4.69, 9.17) is 14.5 Å². The molecule has 0 spiro atoms. The van der Waals surface area contributed by atoms with Crippen LogP contribution >= 0.6 is 0 Å². The molecule has 0 saturated carbocycles. The molecule has 0 atom stereocenters. The molecular weight excluding hydrogens is 382 g/mol. The Morgan fingerprint density at radius 1 is 1.17 bits per heavy atom. The number of hydrogen-bond donors (Lipinski definition) is 1. The van der Waals surface area contributed by atoms with Crippen LogP contribution in [-0.4, -0.2) is 33.8 Å². The van der Waals surface area contributed by atoms with E-state index in [-0.39, 0.29) is 12.7 Å². The van der Waals surface area contributed by atoms with E-state index in [1.807, 2.05) is 55.1 Å². The fourth-order valence-electron chi connectivity index (χ4n) is 4.07. The van der Waals surface area contributed by atoms with Gasteiger partial charge < -0.3 is 19.4 Å². The lowest BCUT2D eigenvalue weighted by Crippen LogP contribution is -2.35. The molecule has 1 aromatic carbocycles. The van der Waals surface area contributed by atoms with Crippen molar-refractivity contribution in [1.82, 2.24) is 19.9 Å². The summed E-state index contributed by atoms with van der Waals surface area (Å²) in [6.45, 7) is 5.52. The van der Waals surface area contributed by atoms with Gasteiger partial charge in [-0.3, -0.25) is 4.79 Å². The molecule has 2 aromatic heterocycles. The number of nitrogens with one attached hydrogen (secondary N) is 1. The largest absolute Gasteiger partial charge is 0.459 e. The Bertz CT molecular complexity index is 1150. The molecular formula is C22H21N5O3. The van der Waals surface area contributed by atoms with Gasteiger partial charge in [0.1, 0.15) is 12.0 Å². The van der Waals surface area contributed by atoms with E-state index in [0.717, 1.165) is 34.7 Å². The molecule has 0 bridgehead atoms. The summed E-state index contributed by atoms with van der Waals surface area (Å²) in [4.78, 5) is 23.6. The van der Waals surface area contributed by atoms with Crippen LogP contribution in [0.15, 0.2) is 54.7 Å². The van der Waals surface area contributed by atoms with Crippen molar-refractivity contribution in [3.05, 3.63) is 71.7 Å². The van der Waals surface area contributed by atoms with Crippen LogP contribution in [0.5, 0.6) is 0 Å². The molecule has 3 aromatic rings. The molecule has 2 aliphatic heterocycles. The first-order valence-corrected chi connectivity index (χ1v) is 9.76. The third-order valence-electron chi connectivity index (χ3n) is 5.40. The minimum Gasteiger partial charge on any atom is -0.459 e. The second-order valence-corrected chi connectivity index (χ2v) is 7.14. The molecule has 4 heterocycles. The monoisotopic (exact) mass is 403 g/mol. The topological polar surface area (TPSA) is 81.5 Å². The number of aromatic nitrogens is 3. The highest BCUT2D eigenvalue weighted by molar-refractivity contribution is 5.97. The highest BCUT2D eigenvalue weighted by atomic mass is 16.7. The van der Waals surface area contributed by atoms with Crippen LogP contribution in [0.1, 0.15) is 21.7 Å². The maximum atomic E-state index is 12.4. The lowest BCUT2D eigenvalue weighted by Gasteiger charge is -2.22. The van der Waals surface area contributed by atoms with Crippen molar-refractivity contribution in [2.45, 2.75) is 20.4 Å². The summed E-state index contributed by atoms with van der Waals surface area (Å²) < 4.78 is 13.0. The molecule has 8 heteroatoms. The van der Waals surface area contributed by atoms with Crippen molar-refractivity contribution in [2.24, 2.45) is 0 Å². The number of carbonyl (C=O) groups excluding carboxylic acids is 1. The lowest BCUT2D eigenvalue weighted by atomic mass is 10.1. The number of carbonyl (C=O) groups is 1. The van der Waals surface area contributed by atoms with Gasteiger partial charge in [-0.1, -0.05) is 18.2 Å². The van der Waals surface area contributed by atoms with Crippen molar-refractivity contribution < 1.29 is 14.3 Å². The SMILES string of the molecule is Cc1c(-c2ccnc(N(C3=COCO3)c3ccccc3)n2)c(C)n2c1C(=O)NCC2. The van der Waals surface area contributed by atoms with Crippen molar-refractivity contribution in [3.8, 4) is 11.3 Å². The number of nitrogens with zero attached hydrogens (tertiary/aromatic N) is 4. The molecule has 0 fully saturated rings. The van der Waals surface area contributed by atoms with Crippen LogP contribution in [0, 0.1) is 13.8 Å². The molecule has 8 nitrogen and oxygen atoms in total. The zero-order valence-electron chi connectivity index (χ0n) is 16.8. The quantitative estimate of drug-likeness (QED) is 0.720. The highest BCUT2D eigenvalue weighted by Crippen LogP contribution is 2.34. The Kier molecular flexibility index (Phi) is 4.39. The average Bonchev–Trinajstić information content (AvgIpc) is 3.37. The Hall–Kier alpha value is -3.81. The van der Waals surface area contributed by atoms with Crippen LogP contribution in [0.2, 0.25) is 0 Å². The third kappa shape index (κ3) is 2.88. The first-order chi connectivity index (χ1) is 14.6. The molecule has 1 amide bonds. The summed E-state index contributed by atoms with van der Waals surface area (Å²) in [5.41, 5.74) is 5.20. The molecule has 30 heavy (non-hydrogen) atoms. The number of amides is 1. The van der Waals surface area contributed by atoms with Gasteiger partial charge >= 0.3 is 0 Å². The number of fused-ring (bicyclic) bond motifs is 1. The van der Waals surface area contributed by atoms with Crippen LogP contribution in [-0.2, 0) is 16.0 Å². The smallest absolute Gasteiger partial charge is 0.268 e. The number of benzene rings is 1. The minimum atomic E-state index is -0.0463. The van der Waals surface area contributed by atoms with Gasteiger partial charge in [-0.25, -0.2) is 14.9 Å². The molecule has 0 radical (unpaired) electrons. The molecule has 0 aliphatic carbocycles. The van der Waals surface area contributed by atoms with Gasteiger partial charge in [-0.2, -0.15) is 0 Å². The van der Waals surface area contributed by atoms with Gasteiger partial charge in [-0.05, 0) is 37.6 Å². The van der Waals surface area contributed by atoms with Gasteiger partial charge in [-0.15, -0.1) is 0 Å². The van der Waals surface area contributed by atoms with E-state index in [9.17, 15) is 4.79 Å². The van der Waals surface area contributed by atoms with Crippen LogP contribution < -0.4 is 10.2 Å². The van der Waals surface area contributed by atoms with Crippen molar-refractivity contribution in [3.63, 3.8) is 0 Å². The highest BCUT2D eigenvalue weighted by Gasteiger charge is 2.28. The Morgan fingerprint density at radius 2 is 2.00 bits per heavy atom. The summed E-state index contributed by atoms with van der Waals surface area (Å²) in [5, 5.41) is 2.92. The number of hydrogen-bond acceptors (Lipinski definition) is 6. The maximum Gasteiger partial charge on any atom is 0.268 e. The number of anilines is 2. The van der Waals surface area contributed by atoms with Crippen molar-refractivity contribution >= 4 is 17.5 Å². The molecule has 2 aliphatic rings. The summed E-state index contributed by atoms with van der Waals surface area (Å²) in [5.74, 6) is 0.931. The fraction of sp³-hybridized carbons (Fsp3) is 0.227. The molecule has 0 unspecified atom stereocenters. The van der Waals surface area contributed by atoms with Crippen molar-refractivity contribution in [2.75, 3.05) is 18.2 Å². The number of rotatable bonds is 4. The van der Waals surface area contributed by atoms with Crippen LogP contribution in [0.25, 0.3) is 11.3 Å². The Balaban J connectivity index is 1.64. The zero-order chi connectivity index (χ0) is 20.7. The second-order valence-electron chi connectivity index (χ2n) is 7.14. The zero-order valence-corrected chi connectivity index (χ0v) is 16.8. The average molecular weight is 403 g/mol. The van der Waals surface area contributed by atoms with E-state index in [1.165, 1.54) is 0 Å². The van der Waals surface area contributed by atoms with Gasteiger partial charge in [0.05, 0.1) is 11.4 Å². The summed E-state index contributed by atoms with van der Waals surface area (Å²) in [6.07, 6.45) is 3.28. The Labute approximate surface area is 173 Å². The lowest BCUT2D eigenvalue weighted by molar-refractivity contribution is 0.0796. The Morgan fingerprint density at radius 3 is 2.73 bits per heavy atom. The molecule has 1 N–H and O–H groups in total. The van der Waals surface area contributed by atoms with E-state index >= 15 is 0 Å². The number of ether oxygens (including phenoxy) is 2. The maximum absolute atomic E-state index is 12.4. The minimum absolute atomic E-state index is 0.0463. The molecule has 0 saturated heterocycles. The van der Waals surface area contributed by atoms with Gasteiger partial charge in [0.25, 0.3) is 5.91 Å². The van der Waals surface area contributed by atoms with Gasteiger partial charge in [0.15, 0.2) is 0 Å².